The van der Waals surface area contributed by atoms with E-state index >= 15 is 0 Å². The zero-order valence-corrected chi connectivity index (χ0v) is 11.5. The Morgan fingerprint density at radius 2 is 1.62 bits per heavy atom. The molecule has 0 amide bonds. The third kappa shape index (κ3) is 4.91. The second-order valence-corrected chi connectivity index (χ2v) is 4.90. The number of benzene rings is 1. The van der Waals surface area contributed by atoms with Gasteiger partial charge in [-0.15, -0.1) is 0 Å². The number of hydrogen-bond acceptors (Lipinski definition) is 1. The van der Waals surface area contributed by atoms with Crippen molar-refractivity contribution in [3.8, 4) is 0 Å². The molecule has 0 saturated heterocycles. The Morgan fingerprint density at radius 1 is 1.00 bits per heavy atom. The quantitative estimate of drug-likeness (QED) is 0.579. The van der Waals surface area contributed by atoms with Gasteiger partial charge in [-0.25, -0.2) is 0 Å². The second-order valence-electron chi connectivity index (χ2n) is 4.90. The molecule has 1 nitrogen and oxygen atoms in total. The third-order valence-corrected chi connectivity index (χ3v) is 3.20. The largest absolute Gasteiger partial charge is 0.416 e. The van der Waals surface area contributed by atoms with Gasteiger partial charge in [-0.05, 0) is 24.1 Å². The van der Waals surface area contributed by atoms with Crippen molar-refractivity contribution in [2.24, 2.45) is 5.73 Å². The molecule has 1 aromatic rings. The van der Waals surface area contributed by atoms with Gasteiger partial charge < -0.3 is 5.73 Å². The fraction of sp³-hybridized carbons (Fsp3) is 0.571. The van der Waals surface area contributed by atoms with Crippen LogP contribution in [-0.2, 0) is 12.4 Å². The van der Waals surface area contributed by atoms with Crippen LogP contribution in [-0.4, -0.2) is 0 Å². The Kier molecular flexibility index (Phi) is 5.67. The maximum atomic E-state index is 12.9. The fourth-order valence-electron chi connectivity index (χ4n) is 2.07. The molecule has 1 atom stereocenters. The summed E-state index contributed by atoms with van der Waals surface area (Å²) in [5.74, 6) is 0. The van der Waals surface area contributed by atoms with Crippen molar-refractivity contribution in [1.82, 2.24) is 0 Å². The van der Waals surface area contributed by atoms with Crippen LogP contribution < -0.4 is 5.73 Å². The van der Waals surface area contributed by atoms with Crippen LogP contribution >= 0.6 is 0 Å². The molecule has 1 rings (SSSR count). The van der Waals surface area contributed by atoms with E-state index in [1.54, 1.807) is 0 Å². The van der Waals surface area contributed by atoms with Crippen molar-refractivity contribution in [2.45, 2.75) is 51.0 Å². The van der Waals surface area contributed by atoms with Crippen molar-refractivity contribution in [3.05, 3.63) is 34.9 Å². The van der Waals surface area contributed by atoms with Gasteiger partial charge in [0.05, 0.1) is 11.1 Å². The van der Waals surface area contributed by atoms with E-state index in [1.807, 2.05) is 6.92 Å². The van der Waals surface area contributed by atoms with Crippen LogP contribution in [0, 0.1) is 0 Å². The maximum absolute atomic E-state index is 12.9. The van der Waals surface area contributed by atoms with Crippen molar-refractivity contribution in [2.75, 3.05) is 0 Å². The SMILES string of the molecule is CCCCC[C@H](N)c1ccc(C(F)(F)F)cc1C(F)(F)F. The summed E-state index contributed by atoms with van der Waals surface area (Å²) in [5.41, 5.74) is 2.80. The first kappa shape index (κ1) is 17.8. The van der Waals surface area contributed by atoms with Crippen molar-refractivity contribution in [3.63, 3.8) is 0 Å². The number of hydrogen-bond donors (Lipinski definition) is 1. The Bertz CT molecular complexity index is 464. The highest BCUT2D eigenvalue weighted by molar-refractivity contribution is 5.37. The normalized spacial score (nSPS) is 14.3. The minimum Gasteiger partial charge on any atom is -0.324 e. The smallest absolute Gasteiger partial charge is 0.324 e. The summed E-state index contributed by atoms with van der Waals surface area (Å²) in [7, 11) is 0. The predicted molar refractivity (Wildman–Crippen MR) is 67.5 cm³/mol. The first-order valence-corrected chi connectivity index (χ1v) is 6.61. The Hall–Kier alpha value is -1.24. The lowest BCUT2D eigenvalue weighted by Crippen LogP contribution is -2.19. The maximum Gasteiger partial charge on any atom is 0.416 e. The summed E-state index contributed by atoms with van der Waals surface area (Å²) in [6.45, 7) is 1.94. The van der Waals surface area contributed by atoms with E-state index in [9.17, 15) is 26.3 Å². The van der Waals surface area contributed by atoms with Gasteiger partial charge in [0.25, 0.3) is 0 Å². The van der Waals surface area contributed by atoms with Gasteiger partial charge >= 0.3 is 12.4 Å². The minimum absolute atomic E-state index is 0.134. The molecule has 0 bridgehead atoms. The first-order valence-electron chi connectivity index (χ1n) is 6.61. The number of rotatable bonds is 5. The monoisotopic (exact) mass is 313 g/mol. The second kappa shape index (κ2) is 6.68. The van der Waals surface area contributed by atoms with Crippen LogP contribution in [0.25, 0.3) is 0 Å². The number of unbranched alkanes of at least 4 members (excludes halogenated alkanes) is 2. The van der Waals surface area contributed by atoms with Crippen molar-refractivity contribution >= 4 is 0 Å². The van der Waals surface area contributed by atoms with Crippen LogP contribution in [0.2, 0.25) is 0 Å². The minimum atomic E-state index is -4.86. The zero-order valence-electron chi connectivity index (χ0n) is 11.5. The van der Waals surface area contributed by atoms with Gasteiger partial charge in [-0.2, -0.15) is 26.3 Å². The Balaban J connectivity index is 3.14. The molecule has 21 heavy (non-hydrogen) atoms. The van der Waals surface area contributed by atoms with Gasteiger partial charge in [0, 0.05) is 6.04 Å². The molecular weight excluding hydrogens is 296 g/mol. The molecule has 0 radical (unpaired) electrons. The van der Waals surface area contributed by atoms with Gasteiger partial charge in [-0.1, -0.05) is 32.3 Å². The summed E-state index contributed by atoms with van der Waals surface area (Å²) in [5, 5.41) is 0. The van der Waals surface area contributed by atoms with E-state index in [0.717, 1.165) is 18.9 Å². The molecule has 7 heteroatoms. The third-order valence-electron chi connectivity index (χ3n) is 3.20. The van der Waals surface area contributed by atoms with Gasteiger partial charge in [0.2, 0.25) is 0 Å². The number of halogens is 6. The zero-order chi connectivity index (χ0) is 16.3. The lowest BCUT2D eigenvalue weighted by molar-refractivity contribution is -0.143. The predicted octanol–water partition coefficient (Wildman–Crippen LogP) is 5.30. The van der Waals surface area contributed by atoms with Crippen molar-refractivity contribution < 1.29 is 26.3 Å². The molecule has 0 aliphatic rings. The summed E-state index contributed by atoms with van der Waals surface area (Å²) in [6, 6.07) is 0.692. The molecule has 0 heterocycles. The first-order chi connectivity index (χ1) is 9.57. The molecule has 0 saturated carbocycles. The fourth-order valence-corrected chi connectivity index (χ4v) is 2.07. The lowest BCUT2D eigenvalue weighted by Gasteiger charge is -2.20. The molecular formula is C14H17F6N. The average Bonchev–Trinajstić information content (AvgIpc) is 2.36. The topological polar surface area (TPSA) is 26.0 Å². The van der Waals surface area contributed by atoms with Crippen LogP contribution in [0.5, 0.6) is 0 Å². The summed E-state index contributed by atoms with van der Waals surface area (Å²) in [6.07, 6.45) is -7.04. The van der Waals surface area contributed by atoms with E-state index in [0.29, 0.717) is 18.9 Å². The molecule has 0 spiro atoms. The Labute approximate surface area is 119 Å². The summed E-state index contributed by atoms with van der Waals surface area (Å²) in [4.78, 5) is 0. The molecule has 0 aromatic heterocycles. The number of alkyl halides is 6. The van der Waals surface area contributed by atoms with Gasteiger partial charge in [0.1, 0.15) is 0 Å². The van der Waals surface area contributed by atoms with E-state index in [4.69, 9.17) is 5.73 Å². The standard InChI is InChI=1S/C14H17F6N/c1-2-3-4-5-12(21)10-7-6-9(13(15,16)17)8-11(10)14(18,19)20/h6-8,12H,2-5,21H2,1H3/t12-/m0/s1. The van der Waals surface area contributed by atoms with Crippen LogP contribution in [0.3, 0.4) is 0 Å². The molecule has 0 aliphatic carbocycles. The number of nitrogens with two attached hydrogens (primary N) is 1. The average molecular weight is 313 g/mol. The highest BCUT2D eigenvalue weighted by Crippen LogP contribution is 2.39. The van der Waals surface area contributed by atoms with Gasteiger partial charge in [0.15, 0.2) is 0 Å². The van der Waals surface area contributed by atoms with E-state index in [1.165, 1.54) is 0 Å². The summed E-state index contributed by atoms with van der Waals surface area (Å²) < 4.78 is 76.4. The highest BCUT2D eigenvalue weighted by Gasteiger charge is 2.38. The Morgan fingerprint density at radius 3 is 2.10 bits per heavy atom. The molecule has 120 valence electrons. The van der Waals surface area contributed by atoms with Crippen molar-refractivity contribution in [1.29, 1.82) is 0 Å². The van der Waals surface area contributed by atoms with E-state index < -0.39 is 29.5 Å². The lowest BCUT2D eigenvalue weighted by atomic mass is 9.94. The molecule has 2 N–H and O–H groups in total. The highest BCUT2D eigenvalue weighted by atomic mass is 19.4. The van der Waals surface area contributed by atoms with Gasteiger partial charge in [-0.3, -0.25) is 0 Å². The van der Waals surface area contributed by atoms with Crippen LogP contribution in [0.4, 0.5) is 26.3 Å². The van der Waals surface area contributed by atoms with E-state index in [2.05, 4.69) is 0 Å². The van der Waals surface area contributed by atoms with E-state index in [-0.39, 0.29) is 11.6 Å². The van der Waals surface area contributed by atoms with Crippen LogP contribution in [0.15, 0.2) is 18.2 Å². The molecule has 1 aromatic carbocycles. The van der Waals surface area contributed by atoms with Crippen LogP contribution in [0.1, 0.15) is 55.3 Å². The molecule has 0 fully saturated rings. The molecule has 0 aliphatic heterocycles. The molecule has 0 unspecified atom stereocenters. The summed E-state index contributed by atoms with van der Waals surface area (Å²) >= 11 is 0.